The van der Waals surface area contributed by atoms with Gasteiger partial charge in [0.05, 0.1) is 18.3 Å². The van der Waals surface area contributed by atoms with E-state index < -0.39 is 0 Å². The summed E-state index contributed by atoms with van der Waals surface area (Å²) in [5.41, 5.74) is 2.96. The number of aryl methyl sites for hydroxylation is 2. The molecule has 0 radical (unpaired) electrons. The van der Waals surface area contributed by atoms with E-state index in [2.05, 4.69) is 18.8 Å². The summed E-state index contributed by atoms with van der Waals surface area (Å²) >= 11 is 1.63. The van der Waals surface area contributed by atoms with Crippen LogP contribution in [0.5, 0.6) is 0 Å². The zero-order valence-electron chi connectivity index (χ0n) is 15.8. The second kappa shape index (κ2) is 7.39. The summed E-state index contributed by atoms with van der Waals surface area (Å²) in [5.74, 6) is 0.422. The maximum Gasteiger partial charge on any atom is 0.262 e. The van der Waals surface area contributed by atoms with Crippen LogP contribution in [-0.4, -0.2) is 15.3 Å². The summed E-state index contributed by atoms with van der Waals surface area (Å²) in [6.07, 6.45) is 6.88. The normalized spacial score (nSPS) is 14.9. The van der Waals surface area contributed by atoms with Gasteiger partial charge in [0.1, 0.15) is 4.83 Å². The van der Waals surface area contributed by atoms with Crippen LogP contribution in [0.4, 0.5) is 0 Å². The first-order valence-electron chi connectivity index (χ1n) is 9.71. The number of hydrogen-bond acceptors (Lipinski definition) is 4. The number of rotatable bonds is 5. The van der Waals surface area contributed by atoms with Crippen molar-refractivity contribution in [2.45, 2.75) is 58.4 Å². The third-order valence-electron chi connectivity index (χ3n) is 5.67. The first-order chi connectivity index (χ1) is 13.1. The number of benzene rings is 1. The van der Waals surface area contributed by atoms with E-state index in [4.69, 9.17) is 0 Å². The predicted octanol–water partition coefficient (Wildman–Crippen LogP) is 4.73. The molecule has 0 bridgehead atoms. The highest BCUT2D eigenvalue weighted by molar-refractivity contribution is 7.18. The summed E-state index contributed by atoms with van der Waals surface area (Å²) in [6, 6.07) is 7.77. The monoisotopic (exact) mass is 380 g/mol. The Balaban J connectivity index is 1.62. The van der Waals surface area contributed by atoms with Crippen LogP contribution in [0, 0.1) is 0 Å². The lowest BCUT2D eigenvalue weighted by molar-refractivity contribution is 0.0970. The van der Waals surface area contributed by atoms with Crippen molar-refractivity contribution in [3.05, 3.63) is 62.5 Å². The zero-order chi connectivity index (χ0) is 19.0. The number of nitrogens with zero attached hydrogens (tertiary/aromatic N) is 2. The van der Waals surface area contributed by atoms with Crippen LogP contribution in [0.15, 0.2) is 35.4 Å². The van der Waals surface area contributed by atoms with Gasteiger partial charge < -0.3 is 0 Å². The minimum Gasteiger partial charge on any atom is -0.292 e. The van der Waals surface area contributed by atoms with Gasteiger partial charge >= 0.3 is 0 Å². The minimum atomic E-state index is -0.0797. The number of carbonyl (C=O) groups is 1. The molecular weight excluding hydrogens is 356 g/mol. The average molecular weight is 381 g/mol. The van der Waals surface area contributed by atoms with Crippen LogP contribution in [0.2, 0.25) is 0 Å². The van der Waals surface area contributed by atoms with E-state index in [1.165, 1.54) is 33.3 Å². The van der Waals surface area contributed by atoms with Crippen LogP contribution in [0.25, 0.3) is 10.2 Å². The molecule has 1 aromatic carbocycles. The van der Waals surface area contributed by atoms with Crippen molar-refractivity contribution in [3.63, 3.8) is 0 Å². The van der Waals surface area contributed by atoms with E-state index in [1.807, 2.05) is 24.3 Å². The molecule has 4 rings (SSSR count). The van der Waals surface area contributed by atoms with Crippen molar-refractivity contribution in [2.75, 3.05) is 0 Å². The number of thiophene rings is 1. The maximum absolute atomic E-state index is 13.0. The van der Waals surface area contributed by atoms with Crippen molar-refractivity contribution in [1.29, 1.82) is 0 Å². The molecule has 27 heavy (non-hydrogen) atoms. The molecule has 1 aliphatic rings. The fourth-order valence-corrected chi connectivity index (χ4v) is 4.99. The molecule has 1 aliphatic carbocycles. The Morgan fingerprint density at radius 2 is 1.96 bits per heavy atom. The summed E-state index contributed by atoms with van der Waals surface area (Å²) in [4.78, 5) is 32.3. The number of aromatic nitrogens is 2. The van der Waals surface area contributed by atoms with Crippen LogP contribution in [0.1, 0.15) is 65.4 Å². The van der Waals surface area contributed by atoms with E-state index in [1.54, 1.807) is 11.3 Å². The molecule has 0 saturated heterocycles. The van der Waals surface area contributed by atoms with Gasteiger partial charge in [0, 0.05) is 10.4 Å². The van der Waals surface area contributed by atoms with Gasteiger partial charge in [0.25, 0.3) is 5.56 Å². The Morgan fingerprint density at radius 3 is 2.70 bits per heavy atom. The van der Waals surface area contributed by atoms with E-state index in [-0.39, 0.29) is 17.9 Å². The van der Waals surface area contributed by atoms with Gasteiger partial charge in [-0.2, -0.15) is 0 Å². The summed E-state index contributed by atoms with van der Waals surface area (Å²) < 4.78 is 1.47. The van der Waals surface area contributed by atoms with Gasteiger partial charge in [0.15, 0.2) is 5.78 Å². The first-order valence-corrected chi connectivity index (χ1v) is 10.5. The lowest BCUT2D eigenvalue weighted by atomic mass is 9.97. The Labute approximate surface area is 162 Å². The van der Waals surface area contributed by atoms with Crippen molar-refractivity contribution in [3.8, 4) is 0 Å². The van der Waals surface area contributed by atoms with E-state index in [0.29, 0.717) is 11.5 Å². The molecule has 0 aliphatic heterocycles. The molecule has 5 heteroatoms. The standard InChI is InChI=1S/C22H24N2O2S/c1-3-14(2)15-8-10-16(11-9-15)18(25)12-24-13-23-21-20(22(24)26)17-6-4-5-7-19(17)27-21/h8-11,13-14H,3-7,12H2,1-2H3/t14-/m1/s1. The van der Waals surface area contributed by atoms with Crippen molar-refractivity contribution >= 4 is 27.3 Å². The lowest BCUT2D eigenvalue weighted by Crippen LogP contribution is -2.25. The van der Waals surface area contributed by atoms with Gasteiger partial charge in [-0.15, -0.1) is 11.3 Å². The number of fused-ring (bicyclic) bond motifs is 3. The number of Topliss-reactive ketones (excluding diaryl/α,β-unsaturated/α-hetero) is 1. The molecule has 0 N–H and O–H groups in total. The maximum atomic E-state index is 13.0. The lowest BCUT2D eigenvalue weighted by Gasteiger charge is -2.11. The number of carbonyl (C=O) groups excluding carboxylic acids is 1. The first kappa shape index (κ1) is 18.1. The zero-order valence-corrected chi connectivity index (χ0v) is 16.6. The summed E-state index contributed by atoms with van der Waals surface area (Å²) in [7, 11) is 0. The highest BCUT2D eigenvalue weighted by Crippen LogP contribution is 2.33. The van der Waals surface area contributed by atoms with Crippen molar-refractivity contribution in [2.24, 2.45) is 0 Å². The van der Waals surface area contributed by atoms with Gasteiger partial charge in [-0.1, -0.05) is 38.1 Å². The summed E-state index contributed by atoms with van der Waals surface area (Å²) in [5, 5.41) is 0.733. The third-order valence-corrected chi connectivity index (χ3v) is 6.87. The van der Waals surface area contributed by atoms with Crippen LogP contribution < -0.4 is 5.56 Å². The Bertz CT molecular complexity index is 1050. The molecule has 2 aromatic heterocycles. The Hall–Kier alpha value is -2.27. The van der Waals surface area contributed by atoms with E-state index >= 15 is 0 Å². The number of ketones is 1. The molecule has 2 heterocycles. The van der Waals surface area contributed by atoms with Crippen molar-refractivity contribution in [1.82, 2.24) is 9.55 Å². The van der Waals surface area contributed by atoms with Gasteiger partial charge in [-0.05, 0) is 49.1 Å². The average Bonchev–Trinajstić information content (AvgIpc) is 3.09. The van der Waals surface area contributed by atoms with Crippen LogP contribution in [-0.2, 0) is 19.4 Å². The molecule has 0 spiro atoms. The fraction of sp³-hybridized carbons (Fsp3) is 0.409. The number of hydrogen-bond donors (Lipinski definition) is 0. The molecule has 3 aromatic rings. The van der Waals surface area contributed by atoms with Crippen LogP contribution >= 0.6 is 11.3 Å². The second-order valence-electron chi connectivity index (χ2n) is 7.42. The SMILES string of the molecule is CC[C@@H](C)c1ccc(C(=O)Cn2cnc3sc4c(c3c2=O)CCCC4)cc1. The molecule has 4 nitrogen and oxygen atoms in total. The Kier molecular flexibility index (Phi) is 4.96. The second-order valence-corrected chi connectivity index (χ2v) is 8.51. The smallest absolute Gasteiger partial charge is 0.262 e. The molecule has 140 valence electrons. The largest absolute Gasteiger partial charge is 0.292 e. The van der Waals surface area contributed by atoms with Gasteiger partial charge in [-0.25, -0.2) is 4.98 Å². The summed E-state index contributed by atoms with van der Waals surface area (Å²) in [6.45, 7) is 4.37. The van der Waals surface area contributed by atoms with Crippen LogP contribution in [0.3, 0.4) is 0 Å². The highest BCUT2D eigenvalue weighted by atomic mass is 32.1. The molecule has 0 fully saturated rings. The predicted molar refractivity (Wildman–Crippen MR) is 110 cm³/mol. The third kappa shape index (κ3) is 3.36. The van der Waals surface area contributed by atoms with Gasteiger partial charge in [-0.3, -0.25) is 14.2 Å². The molecule has 0 unspecified atom stereocenters. The Morgan fingerprint density at radius 1 is 1.22 bits per heavy atom. The minimum absolute atomic E-state index is 0.0368. The molecule has 1 atom stereocenters. The molecular formula is C22H24N2O2S. The highest BCUT2D eigenvalue weighted by Gasteiger charge is 2.20. The molecule has 0 amide bonds. The topological polar surface area (TPSA) is 52.0 Å². The van der Waals surface area contributed by atoms with E-state index in [9.17, 15) is 9.59 Å². The molecule has 0 saturated carbocycles. The van der Waals surface area contributed by atoms with E-state index in [0.717, 1.165) is 35.9 Å². The van der Waals surface area contributed by atoms with Gasteiger partial charge in [0.2, 0.25) is 0 Å². The fourth-order valence-electron chi connectivity index (χ4n) is 3.77. The van der Waals surface area contributed by atoms with Crippen molar-refractivity contribution < 1.29 is 4.79 Å². The quantitative estimate of drug-likeness (QED) is 0.601.